The Hall–Kier alpha value is -1.67. The van der Waals surface area contributed by atoms with Crippen molar-refractivity contribution in [3.05, 3.63) is 53.6 Å². The van der Waals surface area contributed by atoms with Gasteiger partial charge in [0.1, 0.15) is 5.75 Å². The lowest BCUT2D eigenvalue weighted by Crippen LogP contribution is -1.90. The number of halogens is 1. The highest BCUT2D eigenvalue weighted by Crippen LogP contribution is 2.28. The molecule has 1 N–H and O–H groups in total. The summed E-state index contributed by atoms with van der Waals surface area (Å²) in [6.07, 6.45) is 0. The van der Waals surface area contributed by atoms with Crippen molar-refractivity contribution in [1.29, 1.82) is 0 Å². The standard InChI is InChI=1S/C13H12ClNO/c1-16-13-8-7-11(9-12(13)14)15-10-5-3-2-4-6-10/h2-9,15H,1H3. The molecule has 0 saturated heterocycles. The zero-order chi connectivity index (χ0) is 11.4. The Kier molecular flexibility index (Phi) is 3.32. The monoisotopic (exact) mass is 233 g/mol. The largest absolute Gasteiger partial charge is 0.495 e. The van der Waals surface area contributed by atoms with Crippen LogP contribution in [0.15, 0.2) is 48.5 Å². The second-order valence-corrected chi connectivity index (χ2v) is 3.75. The maximum absolute atomic E-state index is 6.03. The van der Waals surface area contributed by atoms with Crippen molar-refractivity contribution >= 4 is 23.0 Å². The summed E-state index contributed by atoms with van der Waals surface area (Å²) >= 11 is 6.03. The minimum absolute atomic E-state index is 0.600. The smallest absolute Gasteiger partial charge is 0.137 e. The van der Waals surface area contributed by atoms with Gasteiger partial charge in [0.15, 0.2) is 0 Å². The maximum Gasteiger partial charge on any atom is 0.137 e. The predicted octanol–water partition coefficient (Wildman–Crippen LogP) is 4.09. The van der Waals surface area contributed by atoms with E-state index >= 15 is 0 Å². The van der Waals surface area contributed by atoms with Crippen LogP contribution in [0.25, 0.3) is 0 Å². The van der Waals surface area contributed by atoms with Crippen molar-refractivity contribution in [3.8, 4) is 5.75 Å². The highest BCUT2D eigenvalue weighted by atomic mass is 35.5. The summed E-state index contributed by atoms with van der Waals surface area (Å²) < 4.78 is 5.09. The van der Waals surface area contributed by atoms with E-state index in [-0.39, 0.29) is 0 Å². The van der Waals surface area contributed by atoms with Crippen LogP contribution in [-0.2, 0) is 0 Å². The van der Waals surface area contributed by atoms with Crippen LogP contribution >= 0.6 is 11.6 Å². The Labute approximate surface area is 99.8 Å². The van der Waals surface area contributed by atoms with E-state index in [9.17, 15) is 0 Å². The molecule has 0 amide bonds. The molecule has 0 unspecified atom stereocenters. The third-order valence-electron chi connectivity index (χ3n) is 2.21. The molecule has 16 heavy (non-hydrogen) atoms. The number of hydrogen-bond donors (Lipinski definition) is 1. The molecular weight excluding hydrogens is 222 g/mol. The molecule has 0 aliphatic heterocycles. The molecular formula is C13H12ClNO. The molecule has 0 bridgehead atoms. The fourth-order valence-corrected chi connectivity index (χ4v) is 1.69. The van der Waals surface area contributed by atoms with E-state index < -0.39 is 0 Å². The van der Waals surface area contributed by atoms with Crippen LogP contribution in [0.1, 0.15) is 0 Å². The van der Waals surface area contributed by atoms with Gasteiger partial charge in [-0.1, -0.05) is 29.8 Å². The highest BCUT2D eigenvalue weighted by Gasteiger charge is 2.01. The third kappa shape index (κ3) is 2.47. The minimum Gasteiger partial charge on any atom is -0.495 e. The molecule has 2 nitrogen and oxygen atoms in total. The van der Waals surface area contributed by atoms with Crippen molar-refractivity contribution in [2.75, 3.05) is 12.4 Å². The SMILES string of the molecule is COc1ccc(Nc2ccccc2)cc1Cl. The van der Waals surface area contributed by atoms with Crippen molar-refractivity contribution in [3.63, 3.8) is 0 Å². The Morgan fingerprint density at radius 2 is 1.75 bits per heavy atom. The molecule has 0 aliphatic carbocycles. The van der Waals surface area contributed by atoms with Crippen LogP contribution in [0.2, 0.25) is 5.02 Å². The lowest BCUT2D eigenvalue weighted by molar-refractivity contribution is 0.415. The number of benzene rings is 2. The van der Waals surface area contributed by atoms with E-state index in [1.54, 1.807) is 7.11 Å². The number of ether oxygens (including phenoxy) is 1. The van der Waals surface area contributed by atoms with Crippen molar-refractivity contribution in [2.45, 2.75) is 0 Å². The van der Waals surface area contributed by atoms with Gasteiger partial charge in [-0.2, -0.15) is 0 Å². The number of para-hydroxylation sites is 1. The molecule has 0 saturated carbocycles. The maximum atomic E-state index is 6.03. The molecule has 0 aliphatic rings. The summed E-state index contributed by atoms with van der Waals surface area (Å²) in [5, 5.41) is 3.86. The van der Waals surface area contributed by atoms with Gasteiger partial charge in [0.2, 0.25) is 0 Å². The number of methoxy groups -OCH3 is 1. The summed E-state index contributed by atoms with van der Waals surface area (Å²) in [4.78, 5) is 0. The van der Waals surface area contributed by atoms with Crippen LogP contribution in [-0.4, -0.2) is 7.11 Å². The molecule has 0 atom stereocenters. The van der Waals surface area contributed by atoms with E-state index in [1.165, 1.54) is 0 Å². The van der Waals surface area contributed by atoms with Crippen LogP contribution < -0.4 is 10.1 Å². The summed E-state index contributed by atoms with van der Waals surface area (Å²) in [5.41, 5.74) is 1.97. The van der Waals surface area contributed by atoms with Gasteiger partial charge < -0.3 is 10.1 Å². The van der Waals surface area contributed by atoms with Gasteiger partial charge in [0, 0.05) is 11.4 Å². The van der Waals surface area contributed by atoms with Crippen molar-refractivity contribution < 1.29 is 4.74 Å². The molecule has 0 heterocycles. The number of rotatable bonds is 3. The van der Waals surface area contributed by atoms with E-state index in [4.69, 9.17) is 16.3 Å². The predicted molar refractivity (Wildman–Crippen MR) is 67.7 cm³/mol. The molecule has 0 fully saturated rings. The number of nitrogens with one attached hydrogen (secondary N) is 1. The summed E-state index contributed by atoms with van der Waals surface area (Å²) in [6.45, 7) is 0. The summed E-state index contributed by atoms with van der Waals surface area (Å²) in [7, 11) is 1.60. The molecule has 0 aromatic heterocycles. The molecule has 3 heteroatoms. The Morgan fingerprint density at radius 1 is 1.00 bits per heavy atom. The van der Waals surface area contributed by atoms with Crippen LogP contribution in [0.4, 0.5) is 11.4 Å². The Morgan fingerprint density at radius 3 is 2.38 bits per heavy atom. The van der Waals surface area contributed by atoms with Crippen molar-refractivity contribution in [1.82, 2.24) is 0 Å². The van der Waals surface area contributed by atoms with E-state index in [2.05, 4.69) is 5.32 Å². The number of anilines is 2. The van der Waals surface area contributed by atoms with Gasteiger partial charge in [-0.05, 0) is 30.3 Å². The van der Waals surface area contributed by atoms with E-state index in [1.807, 2.05) is 48.5 Å². The third-order valence-corrected chi connectivity index (χ3v) is 2.51. The lowest BCUT2D eigenvalue weighted by atomic mass is 10.2. The molecule has 0 spiro atoms. The first-order valence-electron chi connectivity index (χ1n) is 4.95. The van der Waals surface area contributed by atoms with Crippen LogP contribution in [0.3, 0.4) is 0 Å². The lowest BCUT2D eigenvalue weighted by Gasteiger charge is -2.08. The van der Waals surface area contributed by atoms with Gasteiger partial charge in [0.25, 0.3) is 0 Å². The zero-order valence-corrected chi connectivity index (χ0v) is 9.66. The van der Waals surface area contributed by atoms with Crippen LogP contribution in [0, 0.1) is 0 Å². The quantitative estimate of drug-likeness (QED) is 0.862. The van der Waals surface area contributed by atoms with Gasteiger partial charge >= 0.3 is 0 Å². The molecule has 2 rings (SSSR count). The second-order valence-electron chi connectivity index (χ2n) is 3.34. The second kappa shape index (κ2) is 4.90. The van der Waals surface area contributed by atoms with Gasteiger partial charge in [-0.3, -0.25) is 0 Å². The highest BCUT2D eigenvalue weighted by molar-refractivity contribution is 6.32. The number of hydrogen-bond acceptors (Lipinski definition) is 2. The van der Waals surface area contributed by atoms with E-state index in [0.29, 0.717) is 10.8 Å². The first-order valence-corrected chi connectivity index (χ1v) is 5.33. The van der Waals surface area contributed by atoms with E-state index in [0.717, 1.165) is 11.4 Å². The average Bonchev–Trinajstić information content (AvgIpc) is 2.31. The fraction of sp³-hybridized carbons (Fsp3) is 0.0769. The molecule has 2 aromatic carbocycles. The molecule has 0 radical (unpaired) electrons. The average molecular weight is 234 g/mol. The molecule has 82 valence electrons. The minimum atomic E-state index is 0.600. The normalized spacial score (nSPS) is 9.88. The zero-order valence-electron chi connectivity index (χ0n) is 8.91. The summed E-state index contributed by atoms with van der Waals surface area (Å²) in [5.74, 6) is 0.681. The Bertz CT molecular complexity index is 471. The first-order chi connectivity index (χ1) is 7.79. The van der Waals surface area contributed by atoms with Gasteiger partial charge in [-0.15, -0.1) is 0 Å². The first kappa shape index (κ1) is 10.8. The summed E-state index contributed by atoms with van der Waals surface area (Å²) in [6, 6.07) is 15.5. The Balaban J connectivity index is 2.20. The topological polar surface area (TPSA) is 21.3 Å². The van der Waals surface area contributed by atoms with Gasteiger partial charge in [0.05, 0.1) is 12.1 Å². The van der Waals surface area contributed by atoms with Gasteiger partial charge in [-0.25, -0.2) is 0 Å². The fourth-order valence-electron chi connectivity index (χ4n) is 1.43. The molecule has 2 aromatic rings. The van der Waals surface area contributed by atoms with Crippen molar-refractivity contribution in [2.24, 2.45) is 0 Å². The van der Waals surface area contributed by atoms with Crippen LogP contribution in [0.5, 0.6) is 5.75 Å².